The Morgan fingerprint density at radius 2 is 2.31 bits per heavy atom. The Morgan fingerprint density at radius 3 is 2.81 bits per heavy atom. The van der Waals surface area contributed by atoms with E-state index >= 15 is 0 Å². The number of rotatable bonds is 2. The highest BCUT2D eigenvalue weighted by atomic mass is 32.2. The summed E-state index contributed by atoms with van der Waals surface area (Å²) in [6, 6.07) is 0. The minimum atomic E-state index is 0.0628. The molecular formula is C11H16N2O2S. The quantitative estimate of drug-likeness (QED) is 0.791. The van der Waals surface area contributed by atoms with E-state index in [2.05, 4.69) is 11.4 Å². The third kappa shape index (κ3) is 1.96. The van der Waals surface area contributed by atoms with Gasteiger partial charge in [-0.25, -0.2) is 0 Å². The minimum absolute atomic E-state index is 0.0628. The van der Waals surface area contributed by atoms with Crippen molar-refractivity contribution < 1.29 is 9.32 Å². The van der Waals surface area contributed by atoms with Crippen molar-refractivity contribution in [3.8, 4) is 0 Å². The van der Waals surface area contributed by atoms with Crippen molar-refractivity contribution in [3.63, 3.8) is 0 Å². The van der Waals surface area contributed by atoms with Crippen LogP contribution in [0.5, 0.6) is 0 Å². The third-order valence-corrected chi connectivity index (χ3v) is 4.06. The molecule has 1 atom stereocenters. The predicted molar refractivity (Wildman–Crippen MR) is 63.8 cm³/mol. The molecule has 88 valence electrons. The lowest BCUT2D eigenvalue weighted by Gasteiger charge is -2.15. The maximum atomic E-state index is 12.2. The normalized spacial score (nSPS) is 20.4. The zero-order chi connectivity index (χ0) is 11.7. The van der Waals surface area contributed by atoms with E-state index in [-0.39, 0.29) is 5.91 Å². The van der Waals surface area contributed by atoms with E-state index in [1.165, 1.54) is 0 Å². The first-order valence-electron chi connectivity index (χ1n) is 5.38. The number of aromatic nitrogens is 1. The number of hydrogen-bond donors (Lipinski definition) is 0. The maximum absolute atomic E-state index is 12.2. The average molecular weight is 240 g/mol. The molecule has 1 saturated heterocycles. The first-order chi connectivity index (χ1) is 7.63. The van der Waals surface area contributed by atoms with Gasteiger partial charge in [0, 0.05) is 18.3 Å². The molecule has 1 aromatic heterocycles. The zero-order valence-corrected chi connectivity index (χ0v) is 10.6. The Kier molecular flexibility index (Phi) is 3.23. The molecule has 0 saturated carbocycles. The largest absolute Gasteiger partial charge is 0.361 e. The van der Waals surface area contributed by atoms with Crippen LogP contribution >= 0.6 is 11.8 Å². The Bertz CT molecular complexity index is 383. The molecule has 0 aliphatic carbocycles. The monoisotopic (exact) mass is 240 g/mol. The average Bonchev–Trinajstić information content (AvgIpc) is 2.85. The smallest absolute Gasteiger partial charge is 0.259 e. The molecule has 0 bridgehead atoms. The summed E-state index contributed by atoms with van der Waals surface area (Å²) in [6.07, 6.45) is 3.17. The van der Waals surface area contributed by atoms with Gasteiger partial charge in [-0.15, -0.1) is 0 Å². The summed E-state index contributed by atoms with van der Waals surface area (Å²) < 4.78 is 5.03. The van der Waals surface area contributed by atoms with Crippen molar-refractivity contribution >= 4 is 17.7 Å². The standard InChI is InChI=1S/C11H16N2O2S/c1-7-10(8(2)15-12-7)11(14)13-5-4-9(6-13)16-3/h9H,4-6H2,1-3H3/t9-/m0/s1. The molecule has 0 spiro atoms. The summed E-state index contributed by atoms with van der Waals surface area (Å²) in [5, 5.41) is 4.39. The lowest BCUT2D eigenvalue weighted by molar-refractivity contribution is 0.0791. The van der Waals surface area contributed by atoms with Crippen LogP contribution in [0, 0.1) is 13.8 Å². The number of thioether (sulfide) groups is 1. The minimum Gasteiger partial charge on any atom is -0.361 e. The van der Waals surface area contributed by atoms with E-state index in [4.69, 9.17) is 4.52 Å². The third-order valence-electron chi connectivity index (χ3n) is 3.01. The fourth-order valence-corrected chi connectivity index (χ4v) is 2.72. The first-order valence-corrected chi connectivity index (χ1v) is 6.67. The molecule has 2 heterocycles. The fraction of sp³-hybridized carbons (Fsp3) is 0.636. The van der Waals surface area contributed by atoms with Gasteiger partial charge >= 0.3 is 0 Å². The Balaban J connectivity index is 2.15. The van der Waals surface area contributed by atoms with Gasteiger partial charge in [0.05, 0.1) is 5.69 Å². The van der Waals surface area contributed by atoms with Crippen LogP contribution in [-0.2, 0) is 0 Å². The van der Waals surface area contributed by atoms with Crippen LogP contribution in [0.1, 0.15) is 28.2 Å². The van der Waals surface area contributed by atoms with Crippen LogP contribution in [0.4, 0.5) is 0 Å². The highest BCUT2D eigenvalue weighted by molar-refractivity contribution is 7.99. The highest BCUT2D eigenvalue weighted by Gasteiger charge is 2.29. The van der Waals surface area contributed by atoms with E-state index in [1.807, 2.05) is 23.6 Å². The summed E-state index contributed by atoms with van der Waals surface area (Å²) in [4.78, 5) is 14.1. The molecule has 5 heteroatoms. The van der Waals surface area contributed by atoms with Crippen LogP contribution in [-0.4, -0.2) is 40.6 Å². The molecule has 4 nitrogen and oxygen atoms in total. The predicted octanol–water partition coefficient (Wildman–Crippen LogP) is 1.87. The van der Waals surface area contributed by atoms with Crippen LogP contribution in [0.25, 0.3) is 0 Å². The lowest BCUT2D eigenvalue weighted by atomic mass is 10.2. The van der Waals surface area contributed by atoms with Gasteiger partial charge in [0.15, 0.2) is 0 Å². The topological polar surface area (TPSA) is 46.3 Å². The first kappa shape index (κ1) is 11.5. The summed E-state index contributed by atoms with van der Waals surface area (Å²) in [6.45, 7) is 5.28. The SMILES string of the molecule is CS[C@H]1CCN(C(=O)c2c(C)noc2C)C1. The van der Waals surface area contributed by atoms with E-state index < -0.39 is 0 Å². The van der Waals surface area contributed by atoms with Gasteiger partial charge in [-0.3, -0.25) is 4.79 Å². The van der Waals surface area contributed by atoms with E-state index in [0.717, 1.165) is 19.5 Å². The van der Waals surface area contributed by atoms with Crippen molar-refractivity contribution in [2.45, 2.75) is 25.5 Å². The fourth-order valence-electron chi connectivity index (χ4n) is 2.05. The summed E-state index contributed by atoms with van der Waals surface area (Å²) in [5.41, 5.74) is 1.33. The molecule has 0 radical (unpaired) electrons. The molecule has 1 aliphatic rings. The Morgan fingerprint density at radius 1 is 1.56 bits per heavy atom. The second-order valence-corrected chi connectivity index (χ2v) is 5.23. The van der Waals surface area contributed by atoms with Gasteiger partial charge in [0.25, 0.3) is 5.91 Å². The molecule has 16 heavy (non-hydrogen) atoms. The highest BCUT2D eigenvalue weighted by Crippen LogP contribution is 2.23. The van der Waals surface area contributed by atoms with Gasteiger partial charge in [-0.05, 0) is 26.5 Å². The molecule has 0 unspecified atom stereocenters. The number of likely N-dealkylation sites (tertiary alicyclic amines) is 1. The van der Waals surface area contributed by atoms with Crippen molar-refractivity contribution in [2.75, 3.05) is 19.3 Å². The number of aryl methyl sites for hydroxylation is 2. The number of nitrogens with zero attached hydrogens (tertiary/aromatic N) is 2. The van der Waals surface area contributed by atoms with Crippen LogP contribution < -0.4 is 0 Å². The second kappa shape index (κ2) is 4.49. The van der Waals surface area contributed by atoms with Crippen molar-refractivity contribution in [2.24, 2.45) is 0 Å². The van der Waals surface area contributed by atoms with Gasteiger partial charge in [-0.1, -0.05) is 5.16 Å². The van der Waals surface area contributed by atoms with Crippen LogP contribution in [0.15, 0.2) is 4.52 Å². The molecule has 0 N–H and O–H groups in total. The maximum Gasteiger partial charge on any atom is 0.259 e. The second-order valence-electron chi connectivity index (χ2n) is 4.10. The van der Waals surface area contributed by atoms with Gasteiger partial charge in [-0.2, -0.15) is 11.8 Å². The molecule has 1 aliphatic heterocycles. The number of carbonyl (C=O) groups is 1. The number of hydrogen-bond acceptors (Lipinski definition) is 4. The van der Waals surface area contributed by atoms with Crippen LogP contribution in [0.2, 0.25) is 0 Å². The van der Waals surface area contributed by atoms with E-state index in [0.29, 0.717) is 22.3 Å². The van der Waals surface area contributed by atoms with Crippen molar-refractivity contribution in [1.29, 1.82) is 0 Å². The number of amides is 1. The lowest BCUT2D eigenvalue weighted by Crippen LogP contribution is -2.29. The molecule has 1 fully saturated rings. The van der Waals surface area contributed by atoms with E-state index in [9.17, 15) is 4.79 Å². The zero-order valence-electron chi connectivity index (χ0n) is 9.82. The van der Waals surface area contributed by atoms with Gasteiger partial charge in [0.1, 0.15) is 11.3 Å². The molecule has 1 amide bonds. The molecule has 1 aromatic rings. The number of carbonyl (C=O) groups excluding carboxylic acids is 1. The van der Waals surface area contributed by atoms with Crippen LogP contribution in [0.3, 0.4) is 0 Å². The van der Waals surface area contributed by atoms with Gasteiger partial charge in [0.2, 0.25) is 0 Å². The summed E-state index contributed by atoms with van der Waals surface area (Å²) in [5.74, 6) is 0.683. The molecule has 0 aromatic carbocycles. The van der Waals surface area contributed by atoms with Crippen molar-refractivity contribution in [1.82, 2.24) is 10.1 Å². The molecular weight excluding hydrogens is 224 g/mol. The summed E-state index contributed by atoms with van der Waals surface area (Å²) in [7, 11) is 0. The molecule has 2 rings (SSSR count). The Labute approximate surface area is 99.4 Å². The Hall–Kier alpha value is -0.970. The van der Waals surface area contributed by atoms with Crippen molar-refractivity contribution in [3.05, 3.63) is 17.0 Å². The van der Waals surface area contributed by atoms with E-state index in [1.54, 1.807) is 6.92 Å². The van der Waals surface area contributed by atoms with Gasteiger partial charge < -0.3 is 9.42 Å². The summed E-state index contributed by atoms with van der Waals surface area (Å²) >= 11 is 1.83.